The normalized spacial score (nSPS) is 12.3. The standard InChI is InChI=1S/C16H32N4/c1-12(2)16-15(11-19(7)18-16)10-17-8-9-20(13(3)4)14(5)6/h11-14,17H,8-10H2,1-7H3. The lowest BCUT2D eigenvalue weighted by molar-refractivity contribution is 0.176. The van der Waals surface area contributed by atoms with Crippen LogP contribution in [0.25, 0.3) is 0 Å². The van der Waals surface area contributed by atoms with Gasteiger partial charge >= 0.3 is 0 Å². The molecule has 1 rings (SSSR count). The van der Waals surface area contributed by atoms with Crippen LogP contribution in [0.2, 0.25) is 0 Å². The molecule has 1 aromatic rings. The van der Waals surface area contributed by atoms with Crippen LogP contribution >= 0.6 is 0 Å². The third-order valence-electron chi connectivity index (χ3n) is 3.67. The first kappa shape index (κ1) is 17.2. The second-order valence-corrected chi connectivity index (χ2v) is 6.47. The summed E-state index contributed by atoms with van der Waals surface area (Å²) < 4.78 is 1.92. The van der Waals surface area contributed by atoms with Crippen LogP contribution in [0.5, 0.6) is 0 Å². The van der Waals surface area contributed by atoms with Crippen molar-refractivity contribution in [1.82, 2.24) is 20.0 Å². The molecule has 0 radical (unpaired) electrons. The van der Waals surface area contributed by atoms with Crippen LogP contribution in [0.1, 0.15) is 58.7 Å². The lowest BCUT2D eigenvalue weighted by Crippen LogP contribution is -2.41. The molecule has 0 unspecified atom stereocenters. The van der Waals surface area contributed by atoms with Crippen molar-refractivity contribution in [2.75, 3.05) is 13.1 Å². The molecule has 0 spiro atoms. The van der Waals surface area contributed by atoms with E-state index in [2.05, 4.69) is 63.1 Å². The average Bonchev–Trinajstić information content (AvgIpc) is 2.69. The van der Waals surface area contributed by atoms with Crippen molar-refractivity contribution in [2.45, 2.75) is 66.1 Å². The van der Waals surface area contributed by atoms with Crippen LogP contribution in [0, 0.1) is 0 Å². The molecule has 0 bridgehead atoms. The van der Waals surface area contributed by atoms with Gasteiger partial charge in [-0.2, -0.15) is 5.10 Å². The van der Waals surface area contributed by atoms with E-state index in [1.807, 2.05) is 11.7 Å². The predicted octanol–water partition coefficient (Wildman–Crippen LogP) is 2.75. The first-order valence-electron chi connectivity index (χ1n) is 7.81. The molecule has 116 valence electrons. The lowest BCUT2D eigenvalue weighted by Gasteiger charge is -2.30. The quantitative estimate of drug-likeness (QED) is 0.743. The Balaban J connectivity index is 2.45. The minimum absolute atomic E-state index is 0.482. The molecule has 0 saturated heterocycles. The van der Waals surface area contributed by atoms with Crippen LogP contribution < -0.4 is 5.32 Å². The number of aryl methyl sites for hydroxylation is 1. The van der Waals surface area contributed by atoms with E-state index in [-0.39, 0.29) is 0 Å². The van der Waals surface area contributed by atoms with Crippen molar-refractivity contribution in [3.8, 4) is 0 Å². The van der Waals surface area contributed by atoms with Crippen molar-refractivity contribution in [2.24, 2.45) is 7.05 Å². The predicted molar refractivity (Wildman–Crippen MR) is 86.0 cm³/mol. The minimum Gasteiger partial charge on any atom is -0.311 e. The molecule has 1 aromatic heterocycles. The summed E-state index contributed by atoms with van der Waals surface area (Å²) in [6.07, 6.45) is 2.13. The molecular weight excluding hydrogens is 248 g/mol. The first-order valence-corrected chi connectivity index (χ1v) is 7.81. The number of rotatable bonds is 8. The van der Waals surface area contributed by atoms with Crippen LogP contribution in [0.3, 0.4) is 0 Å². The smallest absolute Gasteiger partial charge is 0.0694 e. The van der Waals surface area contributed by atoms with Gasteiger partial charge in [-0.05, 0) is 33.6 Å². The van der Waals surface area contributed by atoms with E-state index in [9.17, 15) is 0 Å². The summed E-state index contributed by atoms with van der Waals surface area (Å²) in [5.41, 5.74) is 2.53. The van der Waals surface area contributed by atoms with Crippen LogP contribution in [0.15, 0.2) is 6.20 Å². The highest BCUT2D eigenvalue weighted by Gasteiger charge is 2.13. The second kappa shape index (κ2) is 7.79. The van der Waals surface area contributed by atoms with Crippen molar-refractivity contribution >= 4 is 0 Å². The van der Waals surface area contributed by atoms with Crippen LogP contribution in [0.4, 0.5) is 0 Å². The molecule has 4 nitrogen and oxygen atoms in total. The summed E-state index contributed by atoms with van der Waals surface area (Å²) in [5, 5.41) is 8.10. The number of hydrogen-bond donors (Lipinski definition) is 1. The number of nitrogens with zero attached hydrogens (tertiary/aromatic N) is 3. The molecule has 0 saturated carbocycles. The Bertz CT molecular complexity index is 385. The number of aromatic nitrogens is 2. The van der Waals surface area contributed by atoms with Crippen molar-refractivity contribution in [3.05, 3.63) is 17.5 Å². The fourth-order valence-electron chi connectivity index (χ4n) is 2.72. The van der Waals surface area contributed by atoms with Gasteiger partial charge in [-0.1, -0.05) is 13.8 Å². The summed E-state index contributed by atoms with van der Waals surface area (Å²) in [4.78, 5) is 2.51. The zero-order valence-electron chi connectivity index (χ0n) is 14.3. The van der Waals surface area contributed by atoms with Gasteiger partial charge in [0.05, 0.1) is 5.69 Å². The van der Waals surface area contributed by atoms with Gasteiger partial charge in [-0.25, -0.2) is 0 Å². The molecule has 0 aliphatic heterocycles. The molecule has 1 N–H and O–H groups in total. The highest BCUT2D eigenvalue weighted by atomic mass is 15.3. The van der Waals surface area contributed by atoms with Crippen LogP contribution in [-0.2, 0) is 13.6 Å². The van der Waals surface area contributed by atoms with Crippen molar-refractivity contribution in [1.29, 1.82) is 0 Å². The maximum atomic E-state index is 4.55. The largest absolute Gasteiger partial charge is 0.311 e. The summed E-state index contributed by atoms with van der Waals surface area (Å²) in [6.45, 7) is 16.5. The van der Waals surface area contributed by atoms with Gasteiger partial charge in [0.2, 0.25) is 0 Å². The second-order valence-electron chi connectivity index (χ2n) is 6.47. The highest BCUT2D eigenvalue weighted by Crippen LogP contribution is 2.16. The third-order valence-corrected chi connectivity index (χ3v) is 3.67. The minimum atomic E-state index is 0.482. The summed E-state index contributed by atoms with van der Waals surface area (Å²) >= 11 is 0. The molecule has 4 heteroatoms. The lowest BCUT2D eigenvalue weighted by atomic mass is 10.1. The van der Waals surface area contributed by atoms with Crippen molar-refractivity contribution < 1.29 is 0 Å². The van der Waals surface area contributed by atoms with E-state index < -0.39 is 0 Å². The van der Waals surface area contributed by atoms with Gasteiger partial charge in [0.1, 0.15) is 0 Å². The maximum Gasteiger partial charge on any atom is 0.0694 e. The van der Waals surface area contributed by atoms with E-state index in [1.165, 1.54) is 11.3 Å². The summed E-state index contributed by atoms with van der Waals surface area (Å²) in [5.74, 6) is 0.482. The Morgan fingerprint density at radius 1 is 1.15 bits per heavy atom. The maximum absolute atomic E-state index is 4.55. The Labute approximate surface area is 124 Å². The monoisotopic (exact) mass is 280 g/mol. The van der Waals surface area contributed by atoms with Gasteiger partial charge in [0.15, 0.2) is 0 Å². The summed E-state index contributed by atoms with van der Waals surface area (Å²) in [7, 11) is 1.99. The van der Waals surface area contributed by atoms with Gasteiger partial charge in [-0.15, -0.1) is 0 Å². The van der Waals surface area contributed by atoms with Crippen LogP contribution in [-0.4, -0.2) is 39.9 Å². The Hall–Kier alpha value is -0.870. The number of nitrogens with one attached hydrogen (secondary N) is 1. The van der Waals surface area contributed by atoms with E-state index in [1.54, 1.807) is 0 Å². The molecule has 0 aliphatic rings. The van der Waals surface area contributed by atoms with E-state index in [4.69, 9.17) is 0 Å². The molecule has 0 aromatic carbocycles. The van der Waals surface area contributed by atoms with E-state index in [0.29, 0.717) is 18.0 Å². The van der Waals surface area contributed by atoms with Gasteiger partial charge in [0, 0.05) is 50.5 Å². The molecule has 0 aliphatic carbocycles. The zero-order chi connectivity index (χ0) is 15.3. The van der Waals surface area contributed by atoms with Crippen molar-refractivity contribution in [3.63, 3.8) is 0 Å². The van der Waals surface area contributed by atoms with E-state index in [0.717, 1.165) is 19.6 Å². The topological polar surface area (TPSA) is 33.1 Å². The first-order chi connectivity index (χ1) is 9.32. The highest BCUT2D eigenvalue weighted by molar-refractivity contribution is 5.19. The molecule has 0 atom stereocenters. The SMILES string of the molecule is CC(C)c1nn(C)cc1CNCCN(C(C)C)C(C)C. The molecule has 0 fully saturated rings. The Morgan fingerprint density at radius 3 is 2.25 bits per heavy atom. The fraction of sp³-hybridized carbons (Fsp3) is 0.812. The van der Waals surface area contributed by atoms with Gasteiger partial charge < -0.3 is 5.32 Å². The third kappa shape index (κ3) is 4.91. The van der Waals surface area contributed by atoms with Gasteiger partial charge in [0.25, 0.3) is 0 Å². The molecular formula is C16H32N4. The Kier molecular flexibility index (Phi) is 6.69. The summed E-state index contributed by atoms with van der Waals surface area (Å²) in [6, 6.07) is 1.20. The van der Waals surface area contributed by atoms with E-state index >= 15 is 0 Å². The number of hydrogen-bond acceptors (Lipinski definition) is 3. The Morgan fingerprint density at radius 2 is 1.75 bits per heavy atom. The van der Waals surface area contributed by atoms with Gasteiger partial charge in [-0.3, -0.25) is 9.58 Å². The fourth-order valence-corrected chi connectivity index (χ4v) is 2.72. The molecule has 0 amide bonds. The average molecular weight is 280 g/mol. The zero-order valence-corrected chi connectivity index (χ0v) is 14.3. The molecule has 1 heterocycles. The molecule has 20 heavy (non-hydrogen) atoms.